The number of halogens is 2. The molecule has 0 heterocycles. The second-order valence-corrected chi connectivity index (χ2v) is 10.9. The van der Waals surface area contributed by atoms with Gasteiger partial charge in [0.05, 0.1) is 5.75 Å². The van der Waals surface area contributed by atoms with Crippen LogP contribution in [0.3, 0.4) is 0 Å². The lowest BCUT2D eigenvalue weighted by molar-refractivity contribution is -0.139. The Morgan fingerprint density at radius 2 is 1.67 bits per heavy atom. The first-order valence-corrected chi connectivity index (χ1v) is 13.8. The Morgan fingerprint density at radius 3 is 2.33 bits per heavy atom. The van der Waals surface area contributed by atoms with E-state index >= 15 is 0 Å². The molecule has 0 aromatic heterocycles. The largest absolute Gasteiger partial charge is 0.352 e. The van der Waals surface area contributed by atoms with E-state index in [1.54, 1.807) is 28.8 Å². The Bertz CT molecular complexity index is 1170. The molecule has 1 unspecified atom stereocenters. The average Bonchev–Trinajstić information content (AvgIpc) is 2.82. The monoisotopic (exact) mass is 542 g/mol. The molecular weight excluding hydrogens is 511 g/mol. The van der Waals surface area contributed by atoms with Gasteiger partial charge in [0.2, 0.25) is 11.8 Å². The fourth-order valence-corrected chi connectivity index (χ4v) is 5.24. The minimum Gasteiger partial charge on any atom is -0.352 e. The molecule has 2 amide bonds. The van der Waals surface area contributed by atoms with E-state index < -0.39 is 6.04 Å². The van der Waals surface area contributed by atoms with Gasteiger partial charge in [0.1, 0.15) is 6.04 Å². The van der Waals surface area contributed by atoms with Crippen LogP contribution in [0.25, 0.3) is 0 Å². The average molecular weight is 544 g/mol. The zero-order valence-electron chi connectivity index (χ0n) is 20.8. The summed E-state index contributed by atoms with van der Waals surface area (Å²) < 4.78 is 0. The molecule has 0 aliphatic rings. The first kappa shape index (κ1) is 28.1. The van der Waals surface area contributed by atoms with E-state index in [1.165, 1.54) is 11.1 Å². The SMILES string of the molecule is Cc1cccc(CSCC(=O)N(Cc2ccc(Cl)cc2Cl)C(Cc2ccccc2)C(=O)NC(C)C)c1. The van der Waals surface area contributed by atoms with Gasteiger partial charge in [-0.3, -0.25) is 9.59 Å². The van der Waals surface area contributed by atoms with Crippen molar-refractivity contribution in [2.45, 2.75) is 51.6 Å². The van der Waals surface area contributed by atoms with Crippen LogP contribution >= 0.6 is 35.0 Å². The fraction of sp³-hybridized carbons (Fsp3) is 0.310. The fourth-order valence-electron chi connectivity index (χ4n) is 3.91. The van der Waals surface area contributed by atoms with E-state index in [1.807, 2.05) is 56.3 Å². The minimum absolute atomic E-state index is 0.0532. The number of hydrogen-bond acceptors (Lipinski definition) is 3. The number of amides is 2. The number of thioether (sulfide) groups is 1. The van der Waals surface area contributed by atoms with Crippen LogP contribution in [-0.4, -0.2) is 34.6 Å². The van der Waals surface area contributed by atoms with Gasteiger partial charge in [-0.1, -0.05) is 89.4 Å². The summed E-state index contributed by atoms with van der Waals surface area (Å²) in [5.74, 6) is 0.665. The highest BCUT2D eigenvalue weighted by Crippen LogP contribution is 2.25. The maximum atomic E-state index is 13.7. The van der Waals surface area contributed by atoms with Crippen molar-refractivity contribution in [1.82, 2.24) is 10.2 Å². The van der Waals surface area contributed by atoms with Gasteiger partial charge >= 0.3 is 0 Å². The summed E-state index contributed by atoms with van der Waals surface area (Å²) in [5, 5.41) is 3.99. The Hall–Kier alpha value is -2.47. The van der Waals surface area contributed by atoms with E-state index in [-0.39, 0.29) is 30.2 Å². The lowest BCUT2D eigenvalue weighted by Gasteiger charge is -2.32. The van der Waals surface area contributed by atoms with Crippen molar-refractivity contribution in [3.8, 4) is 0 Å². The molecule has 36 heavy (non-hydrogen) atoms. The number of nitrogens with zero attached hydrogens (tertiary/aromatic N) is 1. The van der Waals surface area contributed by atoms with Gasteiger partial charge in [0, 0.05) is 34.8 Å². The van der Waals surface area contributed by atoms with Crippen molar-refractivity contribution in [2.24, 2.45) is 0 Å². The predicted octanol–water partition coefficient (Wildman–Crippen LogP) is 6.70. The van der Waals surface area contributed by atoms with Crippen molar-refractivity contribution in [3.63, 3.8) is 0 Å². The van der Waals surface area contributed by atoms with Crippen LogP contribution in [0.4, 0.5) is 0 Å². The predicted molar refractivity (Wildman–Crippen MR) is 152 cm³/mol. The molecule has 4 nitrogen and oxygen atoms in total. The highest BCUT2D eigenvalue weighted by molar-refractivity contribution is 7.99. The first-order chi connectivity index (χ1) is 17.2. The maximum Gasteiger partial charge on any atom is 0.243 e. The molecule has 0 bridgehead atoms. The third-order valence-electron chi connectivity index (χ3n) is 5.63. The molecule has 0 aliphatic heterocycles. The van der Waals surface area contributed by atoms with Gasteiger partial charge < -0.3 is 10.2 Å². The second kappa shape index (κ2) is 13.7. The summed E-state index contributed by atoms with van der Waals surface area (Å²) in [4.78, 5) is 28.7. The first-order valence-electron chi connectivity index (χ1n) is 11.9. The van der Waals surface area contributed by atoms with Crippen LogP contribution in [0.15, 0.2) is 72.8 Å². The topological polar surface area (TPSA) is 49.4 Å². The van der Waals surface area contributed by atoms with Gasteiger partial charge in [-0.25, -0.2) is 0 Å². The molecule has 0 radical (unpaired) electrons. The van der Waals surface area contributed by atoms with Crippen molar-refractivity contribution >= 4 is 46.8 Å². The molecule has 3 aromatic carbocycles. The van der Waals surface area contributed by atoms with E-state index in [9.17, 15) is 9.59 Å². The van der Waals surface area contributed by atoms with E-state index in [0.29, 0.717) is 22.2 Å². The number of hydrogen-bond donors (Lipinski definition) is 1. The Labute approximate surface area is 228 Å². The van der Waals surface area contributed by atoms with Gasteiger partial charge in [0.15, 0.2) is 0 Å². The van der Waals surface area contributed by atoms with E-state index in [2.05, 4.69) is 30.4 Å². The molecule has 0 saturated carbocycles. The molecule has 3 aromatic rings. The normalized spacial score (nSPS) is 11.8. The Kier molecular flexibility index (Phi) is 10.7. The van der Waals surface area contributed by atoms with Gasteiger partial charge in [-0.2, -0.15) is 0 Å². The maximum absolute atomic E-state index is 13.7. The van der Waals surface area contributed by atoms with Crippen LogP contribution in [0.1, 0.15) is 36.1 Å². The molecule has 3 rings (SSSR count). The molecule has 0 spiro atoms. The van der Waals surface area contributed by atoms with Crippen LogP contribution in [0.5, 0.6) is 0 Å². The number of carbonyl (C=O) groups is 2. The smallest absolute Gasteiger partial charge is 0.243 e. The summed E-state index contributed by atoms with van der Waals surface area (Å²) >= 11 is 14.1. The molecule has 7 heteroatoms. The van der Waals surface area contributed by atoms with Crippen molar-refractivity contribution in [1.29, 1.82) is 0 Å². The van der Waals surface area contributed by atoms with Crippen LogP contribution < -0.4 is 5.32 Å². The summed E-state index contributed by atoms with van der Waals surface area (Å²) in [6.45, 7) is 6.09. The summed E-state index contributed by atoms with van der Waals surface area (Å²) in [6.07, 6.45) is 0.402. The molecule has 190 valence electrons. The quantitative estimate of drug-likeness (QED) is 0.293. The minimum atomic E-state index is -0.686. The summed E-state index contributed by atoms with van der Waals surface area (Å²) in [6, 6.07) is 22.5. The third kappa shape index (κ3) is 8.58. The molecule has 1 N–H and O–H groups in total. The van der Waals surface area contributed by atoms with Gasteiger partial charge in [-0.15, -0.1) is 11.8 Å². The number of benzene rings is 3. The molecule has 0 fully saturated rings. The van der Waals surface area contributed by atoms with Crippen molar-refractivity contribution in [2.75, 3.05) is 5.75 Å². The number of nitrogens with one attached hydrogen (secondary N) is 1. The van der Waals surface area contributed by atoms with Crippen LogP contribution in [0.2, 0.25) is 10.0 Å². The summed E-state index contributed by atoms with van der Waals surface area (Å²) in [5.41, 5.74) is 4.08. The Morgan fingerprint density at radius 1 is 0.944 bits per heavy atom. The standard InChI is InChI=1S/C29H32Cl2N2O2S/c1-20(2)32-29(35)27(15-22-9-5-4-6-10-22)33(17-24-12-13-25(30)16-26(24)31)28(34)19-36-18-23-11-7-8-21(3)14-23/h4-14,16,20,27H,15,17-19H2,1-3H3,(H,32,35). The van der Waals surface area contributed by atoms with Gasteiger partial charge in [0.25, 0.3) is 0 Å². The lowest BCUT2D eigenvalue weighted by Crippen LogP contribution is -2.52. The van der Waals surface area contributed by atoms with E-state index in [0.717, 1.165) is 11.1 Å². The zero-order valence-corrected chi connectivity index (χ0v) is 23.2. The molecule has 0 saturated heterocycles. The van der Waals surface area contributed by atoms with Crippen LogP contribution in [-0.2, 0) is 28.3 Å². The number of aryl methyl sites for hydroxylation is 1. The van der Waals surface area contributed by atoms with Crippen molar-refractivity contribution in [3.05, 3.63) is 105 Å². The number of rotatable bonds is 11. The van der Waals surface area contributed by atoms with Gasteiger partial charge in [-0.05, 0) is 49.6 Å². The van der Waals surface area contributed by atoms with E-state index in [4.69, 9.17) is 23.2 Å². The van der Waals surface area contributed by atoms with Crippen molar-refractivity contribution < 1.29 is 9.59 Å². The number of carbonyl (C=O) groups excluding carboxylic acids is 2. The molecule has 1 atom stereocenters. The highest BCUT2D eigenvalue weighted by Gasteiger charge is 2.31. The molecular formula is C29H32Cl2N2O2S. The highest BCUT2D eigenvalue weighted by atomic mass is 35.5. The van der Waals surface area contributed by atoms with Crippen LogP contribution in [0, 0.1) is 6.92 Å². The summed E-state index contributed by atoms with van der Waals surface area (Å²) in [7, 11) is 0. The second-order valence-electron chi connectivity index (χ2n) is 9.11. The Balaban J connectivity index is 1.88. The molecule has 0 aliphatic carbocycles. The lowest BCUT2D eigenvalue weighted by atomic mass is 10.0. The zero-order chi connectivity index (χ0) is 26.1. The third-order valence-corrected chi connectivity index (χ3v) is 7.21.